The van der Waals surface area contributed by atoms with Gasteiger partial charge in [0, 0.05) is 10.6 Å². The van der Waals surface area contributed by atoms with Crippen molar-refractivity contribution in [2.24, 2.45) is 0 Å². The lowest BCUT2D eigenvalue weighted by molar-refractivity contribution is 0.462. The Hall–Kier alpha value is -1.61. The smallest absolute Gasteiger partial charge is 0.129 e. The first-order valence-corrected chi connectivity index (χ1v) is 6.99. The van der Waals surface area contributed by atoms with Crippen LogP contribution in [-0.4, -0.2) is 10.9 Å². The van der Waals surface area contributed by atoms with Crippen LogP contribution >= 0.6 is 11.8 Å². The number of benzene rings is 2. The molecule has 2 nitrogen and oxygen atoms in total. The highest BCUT2D eigenvalue weighted by Gasteiger charge is 2.00. The zero-order valence-electron chi connectivity index (χ0n) is 10.2. The number of phenols is 1. The van der Waals surface area contributed by atoms with Crippen LogP contribution in [0.1, 0.15) is 12.0 Å². The third-order valence-corrected chi connectivity index (χ3v) is 3.86. The molecule has 2 aromatic carbocycles. The molecule has 94 valence electrons. The van der Waals surface area contributed by atoms with E-state index in [4.69, 9.17) is 5.73 Å². The van der Waals surface area contributed by atoms with Crippen molar-refractivity contribution in [1.29, 1.82) is 0 Å². The van der Waals surface area contributed by atoms with Crippen LogP contribution in [0.5, 0.6) is 5.75 Å². The Balaban J connectivity index is 1.76. The summed E-state index contributed by atoms with van der Waals surface area (Å²) in [7, 11) is 0. The van der Waals surface area contributed by atoms with E-state index in [0.717, 1.165) is 29.2 Å². The Kier molecular flexibility index (Phi) is 4.53. The maximum absolute atomic E-state index is 9.62. The number of hydrogen-bond donors (Lipinski definition) is 2. The van der Waals surface area contributed by atoms with Gasteiger partial charge in [0.15, 0.2) is 0 Å². The summed E-state index contributed by atoms with van der Waals surface area (Å²) in [6.45, 7) is 0. The molecule has 0 fully saturated rings. The first kappa shape index (κ1) is 12.8. The molecule has 0 aliphatic carbocycles. The monoisotopic (exact) mass is 259 g/mol. The van der Waals surface area contributed by atoms with Gasteiger partial charge in [-0.05, 0) is 48.4 Å². The van der Waals surface area contributed by atoms with Crippen molar-refractivity contribution in [3.8, 4) is 5.75 Å². The minimum Gasteiger partial charge on any atom is -0.507 e. The molecular weight excluding hydrogens is 242 g/mol. The number of hydrogen-bond acceptors (Lipinski definition) is 3. The molecule has 0 bridgehead atoms. The van der Waals surface area contributed by atoms with Gasteiger partial charge < -0.3 is 10.8 Å². The summed E-state index contributed by atoms with van der Waals surface area (Å²) in [6.07, 6.45) is 2.13. The average Bonchev–Trinajstić information content (AvgIpc) is 2.39. The summed E-state index contributed by atoms with van der Waals surface area (Å²) in [5, 5.41) is 9.62. The van der Waals surface area contributed by atoms with Gasteiger partial charge in [0.1, 0.15) is 5.75 Å². The third kappa shape index (κ3) is 3.70. The van der Waals surface area contributed by atoms with E-state index in [0.29, 0.717) is 5.75 Å². The van der Waals surface area contributed by atoms with Crippen molar-refractivity contribution in [1.82, 2.24) is 0 Å². The van der Waals surface area contributed by atoms with Gasteiger partial charge in [-0.15, -0.1) is 11.8 Å². The Morgan fingerprint density at radius 3 is 2.44 bits per heavy atom. The summed E-state index contributed by atoms with van der Waals surface area (Å²) in [6, 6.07) is 15.5. The lowest BCUT2D eigenvalue weighted by Crippen LogP contribution is -1.89. The first-order valence-electron chi connectivity index (χ1n) is 6.01. The molecule has 0 saturated heterocycles. The predicted molar refractivity (Wildman–Crippen MR) is 78.0 cm³/mol. The second-order valence-corrected chi connectivity index (χ2v) is 5.30. The molecule has 0 aliphatic heterocycles. The lowest BCUT2D eigenvalue weighted by atomic mass is 10.1. The minimum absolute atomic E-state index is 0.370. The molecule has 3 N–H and O–H groups in total. The fourth-order valence-electron chi connectivity index (χ4n) is 1.72. The summed E-state index contributed by atoms with van der Waals surface area (Å²) >= 11 is 1.69. The number of para-hydroxylation sites is 1. The molecule has 0 radical (unpaired) electrons. The normalized spacial score (nSPS) is 10.4. The van der Waals surface area contributed by atoms with Crippen molar-refractivity contribution in [2.45, 2.75) is 17.7 Å². The van der Waals surface area contributed by atoms with Crippen LogP contribution in [0.2, 0.25) is 0 Å². The van der Waals surface area contributed by atoms with Gasteiger partial charge >= 0.3 is 0 Å². The zero-order valence-corrected chi connectivity index (χ0v) is 11.0. The van der Waals surface area contributed by atoms with Gasteiger partial charge in [0.05, 0.1) is 0 Å². The molecule has 0 unspecified atom stereocenters. The molecule has 0 spiro atoms. The van der Waals surface area contributed by atoms with Crippen molar-refractivity contribution >= 4 is 17.4 Å². The maximum atomic E-state index is 9.62. The number of nitrogen functional groups attached to an aromatic ring is 1. The Labute approximate surface area is 112 Å². The Morgan fingerprint density at radius 1 is 1.00 bits per heavy atom. The van der Waals surface area contributed by atoms with E-state index in [1.54, 1.807) is 17.8 Å². The van der Waals surface area contributed by atoms with Crippen LogP contribution in [0.15, 0.2) is 53.4 Å². The molecule has 3 heteroatoms. The predicted octanol–water partition coefficient (Wildman–Crippen LogP) is 3.70. The molecule has 0 saturated carbocycles. The van der Waals surface area contributed by atoms with Crippen LogP contribution < -0.4 is 5.73 Å². The fourth-order valence-corrected chi connectivity index (χ4v) is 2.62. The second-order valence-electron chi connectivity index (χ2n) is 4.16. The van der Waals surface area contributed by atoms with E-state index in [1.807, 2.05) is 30.3 Å². The number of anilines is 1. The SMILES string of the molecule is Nc1ccc(CCCSc2ccccc2O)cc1. The molecular formula is C15H17NOS. The quantitative estimate of drug-likeness (QED) is 0.489. The van der Waals surface area contributed by atoms with Crippen LogP contribution in [0, 0.1) is 0 Å². The van der Waals surface area contributed by atoms with E-state index < -0.39 is 0 Å². The number of phenolic OH excluding ortho intramolecular Hbond substituents is 1. The van der Waals surface area contributed by atoms with Gasteiger partial charge in [0.25, 0.3) is 0 Å². The average molecular weight is 259 g/mol. The number of nitrogens with two attached hydrogens (primary N) is 1. The van der Waals surface area contributed by atoms with Gasteiger partial charge in [-0.1, -0.05) is 24.3 Å². The highest BCUT2D eigenvalue weighted by Crippen LogP contribution is 2.28. The molecule has 18 heavy (non-hydrogen) atoms. The van der Waals surface area contributed by atoms with Crippen molar-refractivity contribution in [3.05, 3.63) is 54.1 Å². The number of aryl methyl sites for hydroxylation is 1. The standard InChI is InChI=1S/C15H17NOS/c16-13-9-7-12(8-10-13)4-3-11-18-15-6-2-1-5-14(15)17/h1-2,5-10,17H,3-4,11,16H2. The largest absolute Gasteiger partial charge is 0.507 e. The fraction of sp³-hybridized carbons (Fsp3) is 0.200. The molecule has 0 aromatic heterocycles. The van der Waals surface area contributed by atoms with Crippen LogP contribution in [-0.2, 0) is 6.42 Å². The number of thioether (sulfide) groups is 1. The van der Waals surface area contributed by atoms with Crippen molar-refractivity contribution in [2.75, 3.05) is 11.5 Å². The van der Waals surface area contributed by atoms with Gasteiger partial charge in [-0.2, -0.15) is 0 Å². The summed E-state index contributed by atoms with van der Waals surface area (Å²) in [5.41, 5.74) is 7.76. The zero-order chi connectivity index (χ0) is 12.8. The lowest BCUT2D eigenvalue weighted by Gasteiger charge is -2.04. The van der Waals surface area contributed by atoms with Crippen LogP contribution in [0.4, 0.5) is 5.69 Å². The summed E-state index contributed by atoms with van der Waals surface area (Å²) < 4.78 is 0. The van der Waals surface area contributed by atoms with E-state index in [9.17, 15) is 5.11 Å². The van der Waals surface area contributed by atoms with Gasteiger partial charge in [-0.3, -0.25) is 0 Å². The highest BCUT2D eigenvalue weighted by atomic mass is 32.2. The van der Waals surface area contributed by atoms with Crippen molar-refractivity contribution < 1.29 is 5.11 Å². The van der Waals surface area contributed by atoms with Crippen molar-refractivity contribution in [3.63, 3.8) is 0 Å². The Morgan fingerprint density at radius 2 is 1.72 bits per heavy atom. The number of aromatic hydroxyl groups is 1. The van der Waals surface area contributed by atoms with Crippen LogP contribution in [0.3, 0.4) is 0 Å². The van der Waals surface area contributed by atoms with E-state index in [-0.39, 0.29) is 0 Å². The number of rotatable bonds is 5. The summed E-state index contributed by atoms with van der Waals surface area (Å²) in [4.78, 5) is 0.954. The molecule has 2 aromatic rings. The molecule has 0 aliphatic rings. The molecule has 0 amide bonds. The van der Waals surface area contributed by atoms with Crippen LogP contribution in [0.25, 0.3) is 0 Å². The Bertz CT molecular complexity index is 496. The molecule has 2 rings (SSSR count). The topological polar surface area (TPSA) is 46.2 Å². The first-order chi connectivity index (χ1) is 8.75. The maximum Gasteiger partial charge on any atom is 0.129 e. The van der Waals surface area contributed by atoms with E-state index >= 15 is 0 Å². The van der Waals surface area contributed by atoms with E-state index in [2.05, 4.69) is 12.1 Å². The molecule has 0 heterocycles. The van der Waals surface area contributed by atoms with Gasteiger partial charge in [-0.25, -0.2) is 0 Å². The highest BCUT2D eigenvalue weighted by molar-refractivity contribution is 7.99. The van der Waals surface area contributed by atoms with E-state index in [1.165, 1.54) is 5.56 Å². The second kappa shape index (κ2) is 6.36. The molecule has 0 atom stereocenters. The minimum atomic E-state index is 0.370. The third-order valence-electron chi connectivity index (χ3n) is 2.71. The summed E-state index contributed by atoms with van der Waals surface area (Å²) in [5.74, 6) is 1.37. The van der Waals surface area contributed by atoms with Gasteiger partial charge in [0.2, 0.25) is 0 Å².